The quantitative estimate of drug-likeness (QED) is 0.636. The van der Waals surface area contributed by atoms with Crippen LogP contribution in [-0.4, -0.2) is 28.0 Å². The van der Waals surface area contributed by atoms with Gasteiger partial charge >= 0.3 is 5.69 Å². The first-order valence-corrected chi connectivity index (χ1v) is 7.08. The van der Waals surface area contributed by atoms with Crippen molar-refractivity contribution in [2.45, 2.75) is 39.0 Å². The molecule has 1 saturated carbocycles. The van der Waals surface area contributed by atoms with E-state index >= 15 is 0 Å². The summed E-state index contributed by atoms with van der Waals surface area (Å²) in [6.07, 6.45) is 7.14. The average molecular weight is 280 g/mol. The van der Waals surface area contributed by atoms with Crippen LogP contribution in [0.25, 0.3) is 0 Å². The van der Waals surface area contributed by atoms with Gasteiger partial charge in [0.2, 0.25) is 5.95 Å². The molecule has 1 aliphatic carbocycles. The molecule has 1 heterocycles. The molecule has 0 aliphatic heterocycles. The maximum Gasteiger partial charge on any atom is 0.349 e. The van der Waals surface area contributed by atoms with E-state index in [1.54, 1.807) is 0 Å². The Bertz CT molecular complexity index is 461. The molecule has 7 heteroatoms. The van der Waals surface area contributed by atoms with Gasteiger partial charge in [-0.25, -0.2) is 4.98 Å². The number of hydrogen-bond donors (Lipinski definition) is 1. The monoisotopic (exact) mass is 280 g/mol. The Labute approximate surface area is 117 Å². The predicted octanol–water partition coefficient (Wildman–Crippen LogP) is 2.78. The van der Waals surface area contributed by atoms with Crippen LogP contribution in [0.3, 0.4) is 0 Å². The number of hydrogen-bond acceptors (Lipinski definition) is 6. The minimum absolute atomic E-state index is 0.0616. The van der Waals surface area contributed by atoms with Crippen molar-refractivity contribution in [3.63, 3.8) is 0 Å². The van der Waals surface area contributed by atoms with Crippen molar-refractivity contribution < 1.29 is 9.66 Å². The SMILES string of the molecule is CCNc1ncc([N+](=O)[O-])c(OCC2CCCCC2)n1. The van der Waals surface area contributed by atoms with Crippen molar-refractivity contribution in [3.8, 4) is 5.88 Å². The van der Waals surface area contributed by atoms with E-state index in [9.17, 15) is 10.1 Å². The van der Waals surface area contributed by atoms with E-state index in [2.05, 4.69) is 15.3 Å². The number of rotatable bonds is 6. The van der Waals surface area contributed by atoms with Gasteiger partial charge in [-0.15, -0.1) is 0 Å². The Morgan fingerprint density at radius 2 is 2.20 bits per heavy atom. The normalized spacial score (nSPS) is 15.8. The van der Waals surface area contributed by atoms with Gasteiger partial charge in [-0.05, 0) is 25.7 Å². The zero-order valence-corrected chi connectivity index (χ0v) is 11.7. The molecule has 7 nitrogen and oxygen atoms in total. The molecule has 0 bridgehead atoms. The van der Waals surface area contributed by atoms with E-state index in [0.29, 0.717) is 25.0 Å². The second kappa shape index (κ2) is 7.02. The third kappa shape index (κ3) is 3.79. The second-order valence-electron chi connectivity index (χ2n) is 4.99. The molecule has 1 fully saturated rings. The van der Waals surface area contributed by atoms with Gasteiger partial charge in [0.05, 0.1) is 11.5 Å². The molecule has 1 aromatic rings. The molecule has 20 heavy (non-hydrogen) atoms. The fourth-order valence-corrected chi connectivity index (χ4v) is 2.39. The smallest absolute Gasteiger partial charge is 0.349 e. The van der Waals surface area contributed by atoms with Crippen molar-refractivity contribution >= 4 is 11.6 Å². The van der Waals surface area contributed by atoms with Gasteiger partial charge in [-0.2, -0.15) is 4.98 Å². The molecule has 0 aromatic carbocycles. The molecule has 0 atom stereocenters. The summed E-state index contributed by atoms with van der Waals surface area (Å²) < 4.78 is 5.59. The molecule has 1 N–H and O–H groups in total. The summed E-state index contributed by atoms with van der Waals surface area (Å²) >= 11 is 0. The molecule has 0 saturated heterocycles. The van der Waals surface area contributed by atoms with Crippen molar-refractivity contribution in [2.75, 3.05) is 18.5 Å². The van der Waals surface area contributed by atoms with Gasteiger partial charge in [0.15, 0.2) is 0 Å². The zero-order chi connectivity index (χ0) is 14.4. The third-order valence-corrected chi connectivity index (χ3v) is 3.45. The highest BCUT2D eigenvalue weighted by Gasteiger charge is 2.21. The van der Waals surface area contributed by atoms with Gasteiger partial charge in [0, 0.05) is 6.54 Å². The first-order chi connectivity index (χ1) is 9.70. The Morgan fingerprint density at radius 3 is 2.85 bits per heavy atom. The lowest BCUT2D eigenvalue weighted by Gasteiger charge is -2.21. The molecule has 1 aromatic heterocycles. The Kier molecular flexibility index (Phi) is 5.09. The van der Waals surface area contributed by atoms with Crippen LogP contribution in [0.5, 0.6) is 5.88 Å². The zero-order valence-electron chi connectivity index (χ0n) is 11.7. The van der Waals surface area contributed by atoms with Crippen LogP contribution in [0.4, 0.5) is 11.6 Å². The maximum atomic E-state index is 11.0. The highest BCUT2D eigenvalue weighted by Crippen LogP contribution is 2.28. The molecule has 0 radical (unpaired) electrons. The Morgan fingerprint density at radius 1 is 1.45 bits per heavy atom. The van der Waals surface area contributed by atoms with Gasteiger partial charge in [0.25, 0.3) is 5.88 Å². The molecular formula is C13H20N4O3. The van der Waals surface area contributed by atoms with Crippen molar-refractivity contribution in [1.29, 1.82) is 0 Å². The lowest BCUT2D eigenvalue weighted by atomic mass is 9.90. The second-order valence-corrected chi connectivity index (χ2v) is 4.99. The lowest BCUT2D eigenvalue weighted by molar-refractivity contribution is -0.386. The van der Waals surface area contributed by atoms with E-state index in [1.165, 1.54) is 25.5 Å². The summed E-state index contributed by atoms with van der Waals surface area (Å²) in [6, 6.07) is 0. The molecule has 0 unspecified atom stereocenters. The summed E-state index contributed by atoms with van der Waals surface area (Å²) in [5.41, 5.74) is -0.178. The minimum atomic E-state index is -0.508. The van der Waals surface area contributed by atoms with E-state index in [0.717, 1.165) is 12.8 Å². The largest absolute Gasteiger partial charge is 0.472 e. The van der Waals surface area contributed by atoms with Crippen molar-refractivity contribution in [2.24, 2.45) is 5.92 Å². The molecule has 2 rings (SSSR count). The lowest BCUT2D eigenvalue weighted by Crippen LogP contribution is -2.16. The number of nitrogens with one attached hydrogen (secondary N) is 1. The summed E-state index contributed by atoms with van der Waals surface area (Å²) in [4.78, 5) is 18.4. The first kappa shape index (κ1) is 14.5. The summed E-state index contributed by atoms with van der Waals surface area (Å²) in [5, 5.41) is 13.9. The molecular weight excluding hydrogens is 260 g/mol. The van der Waals surface area contributed by atoms with Crippen LogP contribution >= 0.6 is 0 Å². The van der Waals surface area contributed by atoms with Crippen molar-refractivity contribution in [3.05, 3.63) is 16.3 Å². The van der Waals surface area contributed by atoms with Crippen LogP contribution < -0.4 is 10.1 Å². The fourth-order valence-electron chi connectivity index (χ4n) is 2.39. The number of nitrogens with zero attached hydrogens (tertiary/aromatic N) is 3. The average Bonchev–Trinajstić information content (AvgIpc) is 2.46. The molecule has 0 amide bonds. The molecule has 0 spiro atoms. The van der Waals surface area contributed by atoms with E-state index in [-0.39, 0.29) is 11.6 Å². The fraction of sp³-hybridized carbons (Fsp3) is 0.692. The number of aromatic nitrogens is 2. The number of nitro groups is 1. The maximum absolute atomic E-state index is 11.0. The van der Waals surface area contributed by atoms with Crippen molar-refractivity contribution in [1.82, 2.24) is 9.97 Å². The summed E-state index contributed by atoms with van der Waals surface area (Å²) in [7, 11) is 0. The standard InChI is InChI=1S/C13H20N4O3/c1-2-14-13-15-8-11(17(18)19)12(16-13)20-9-10-6-4-3-5-7-10/h8,10H,2-7,9H2,1H3,(H,14,15,16). The Balaban J connectivity index is 2.06. The van der Waals surface area contributed by atoms with Gasteiger partial charge in [-0.3, -0.25) is 10.1 Å². The van der Waals surface area contributed by atoms with Crippen LogP contribution in [0.1, 0.15) is 39.0 Å². The van der Waals surface area contributed by atoms with Crippen LogP contribution in [0.2, 0.25) is 0 Å². The van der Waals surface area contributed by atoms with E-state index in [4.69, 9.17) is 4.74 Å². The van der Waals surface area contributed by atoms with Gasteiger partial charge in [0.1, 0.15) is 6.20 Å². The van der Waals surface area contributed by atoms with Gasteiger partial charge < -0.3 is 10.1 Å². The summed E-state index contributed by atoms with van der Waals surface area (Å²) in [6.45, 7) is 3.05. The van der Waals surface area contributed by atoms with Crippen LogP contribution in [0.15, 0.2) is 6.20 Å². The predicted molar refractivity (Wildman–Crippen MR) is 74.9 cm³/mol. The summed E-state index contributed by atoms with van der Waals surface area (Å²) in [5.74, 6) is 0.893. The molecule has 1 aliphatic rings. The van der Waals surface area contributed by atoms with E-state index in [1.807, 2.05) is 6.92 Å². The van der Waals surface area contributed by atoms with Crippen LogP contribution in [-0.2, 0) is 0 Å². The number of anilines is 1. The topological polar surface area (TPSA) is 90.2 Å². The highest BCUT2D eigenvalue weighted by molar-refractivity contribution is 5.43. The third-order valence-electron chi connectivity index (χ3n) is 3.45. The first-order valence-electron chi connectivity index (χ1n) is 7.08. The van der Waals surface area contributed by atoms with Crippen LogP contribution in [0, 0.1) is 16.0 Å². The van der Waals surface area contributed by atoms with E-state index < -0.39 is 4.92 Å². The Hall–Kier alpha value is -1.92. The highest BCUT2D eigenvalue weighted by atomic mass is 16.6. The van der Waals surface area contributed by atoms with Gasteiger partial charge in [-0.1, -0.05) is 19.3 Å². The minimum Gasteiger partial charge on any atom is -0.472 e. The number of ether oxygens (including phenoxy) is 1. The molecule has 110 valence electrons.